The second-order valence-electron chi connectivity index (χ2n) is 6.38. The molecule has 0 rings (SSSR count). The molecule has 0 N–H and O–H groups in total. The van der Waals surface area contributed by atoms with E-state index in [1.54, 1.807) is 0 Å². The molecular weight excluding hydrogens is 312 g/mol. The van der Waals surface area contributed by atoms with E-state index in [0.717, 1.165) is 32.1 Å². The third-order valence-corrected chi connectivity index (χ3v) is 4.06. The Morgan fingerprint density at radius 3 is 1.31 bits per heavy atom. The van der Waals surface area contributed by atoms with Crippen LogP contribution in [0.2, 0.25) is 0 Å². The predicted octanol–water partition coefficient (Wildman–Crippen LogP) is 10.4. The van der Waals surface area contributed by atoms with E-state index in [2.05, 4.69) is 6.92 Å². The Bertz CT molecular complexity index is 967. The van der Waals surface area contributed by atoms with Crippen LogP contribution in [0.15, 0.2) is 0 Å². The zero-order chi connectivity index (χ0) is 38.5. The van der Waals surface area contributed by atoms with Crippen LogP contribution in [0.4, 0.5) is 0 Å². The van der Waals surface area contributed by atoms with Crippen LogP contribution in [0.1, 0.15) is 198 Å². The van der Waals surface area contributed by atoms with Gasteiger partial charge in [-0.2, -0.15) is 0 Å². The molecule has 0 saturated carbocycles. The SMILES string of the molecule is [2H]C(CCCCCCCCCCCCCCC)C([2H])([2H])C([2H])([2H])C([2H])([2H])C([2H])([2H])C([2H])([2H])C([2H])([2H])C([2H])([2H])C([2H])([2H])C([2H])([2H])C([2H])([2H])[2H]. The van der Waals surface area contributed by atoms with E-state index in [-0.39, 0.29) is 12.8 Å². The fourth-order valence-corrected chi connectivity index (χ4v) is 2.61. The first-order valence-electron chi connectivity index (χ1n) is 21.2. The van der Waals surface area contributed by atoms with Gasteiger partial charge < -0.3 is 0 Å². The molecule has 0 nitrogen and oxygen atoms in total. The van der Waals surface area contributed by atoms with E-state index in [4.69, 9.17) is 30.2 Å². The highest BCUT2D eigenvalue weighted by Gasteiger charge is 1.95. The average molecular weight is 389 g/mol. The van der Waals surface area contributed by atoms with Crippen molar-refractivity contribution in [3.63, 3.8) is 0 Å². The molecule has 0 aromatic carbocycles. The van der Waals surface area contributed by atoms with Crippen LogP contribution < -0.4 is 0 Å². The van der Waals surface area contributed by atoms with Crippen molar-refractivity contribution >= 4 is 0 Å². The molecule has 158 valence electrons. The van der Waals surface area contributed by atoms with Crippen molar-refractivity contribution in [2.24, 2.45) is 0 Å². The summed E-state index contributed by atoms with van der Waals surface area (Å²) in [5.41, 5.74) is 0. The molecule has 0 spiro atoms. The standard InChI is InChI=1S/C26H54/c1-3-5-7-9-11-13-15-17-19-21-23-25-26-24-22-20-18-16-14-12-10-8-6-4-2/h3-26H2,1-2H3/i1D3,3D2,5D2,7D2,9D2,11D2,13D2,15D2,17D2,19D2,21D. The van der Waals surface area contributed by atoms with Gasteiger partial charge in [0.25, 0.3) is 0 Å². The van der Waals surface area contributed by atoms with Gasteiger partial charge in [0.05, 0.1) is 0 Å². The molecule has 0 fully saturated rings. The number of unbranched alkanes of at least 4 members (excludes halogenated alkanes) is 12. The van der Waals surface area contributed by atoms with Gasteiger partial charge in [0.2, 0.25) is 0 Å². The van der Waals surface area contributed by atoms with Gasteiger partial charge in [-0.3, -0.25) is 0 Å². The first-order valence-corrected chi connectivity index (χ1v) is 10.2. The molecule has 0 radical (unpaired) electrons. The minimum Gasteiger partial charge on any atom is -0.0654 e. The van der Waals surface area contributed by atoms with Gasteiger partial charge in [0.15, 0.2) is 0 Å². The summed E-state index contributed by atoms with van der Waals surface area (Å²) in [5.74, 6) is 0. The lowest BCUT2D eigenvalue weighted by molar-refractivity contribution is 0.518. The van der Waals surface area contributed by atoms with Gasteiger partial charge in [-0.1, -0.05) is 167 Å². The van der Waals surface area contributed by atoms with Gasteiger partial charge in [-0.05, 0) is 0 Å². The lowest BCUT2D eigenvalue weighted by Crippen LogP contribution is -1.84. The summed E-state index contributed by atoms with van der Waals surface area (Å²) in [6.07, 6.45) is -27.8. The minimum atomic E-state index is -4.59. The highest BCUT2D eigenvalue weighted by Crippen LogP contribution is 2.15. The molecule has 0 aliphatic rings. The lowest BCUT2D eigenvalue weighted by Gasteiger charge is -2.04. The molecule has 0 aromatic rings. The summed E-state index contributed by atoms with van der Waals surface area (Å²) in [4.78, 5) is 0. The van der Waals surface area contributed by atoms with E-state index in [1.165, 1.54) is 38.5 Å². The molecule has 0 aliphatic heterocycles. The van der Waals surface area contributed by atoms with Crippen LogP contribution in [0.3, 0.4) is 0 Å². The Hall–Kier alpha value is 0. The maximum Gasteiger partial charge on any atom is 0.0267 e. The van der Waals surface area contributed by atoms with Crippen LogP contribution in [0.25, 0.3) is 0 Å². The molecule has 0 amide bonds. The van der Waals surface area contributed by atoms with Crippen molar-refractivity contribution in [3.8, 4) is 0 Å². The minimum absolute atomic E-state index is 0.260. The Morgan fingerprint density at radius 2 is 0.846 bits per heavy atom. The smallest absolute Gasteiger partial charge is 0.0267 e. The van der Waals surface area contributed by atoms with Crippen molar-refractivity contribution in [2.75, 3.05) is 0 Å². The third-order valence-electron chi connectivity index (χ3n) is 4.06. The van der Waals surface area contributed by atoms with Gasteiger partial charge in [0.1, 0.15) is 0 Å². The van der Waals surface area contributed by atoms with E-state index in [9.17, 15) is 0 Å². The fraction of sp³-hybridized carbons (Fsp3) is 1.00. The average Bonchev–Trinajstić information content (AvgIpc) is 2.93. The van der Waals surface area contributed by atoms with E-state index < -0.39 is 70.6 Å². The Balaban J connectivity index is 5.78. The maximum absolute atomic E-state index is 8.30. The third kappa shape index (κ3) is 24.0. The van der Waals surface area contributed by atoms with E-state index >= 15 is 0 Å². The summed E-state index contributed by atoms with van der Waals surface area (Å²) in [7, 11) is 0. The van der Waals surface area contributed by atoms with Crippen molar-refractivity contribution in [3.05, 3.63) is 0 Å². The van der Waals surface area contributed by atoms with Crippen LogP contribution in [-0.2, 0) is 0 Å². The summed E-state index contributed by atoms with van der Waals surface area (Å²) >= 11 is 0. The van der Waals surface area contributed by atoms with Crippen molar-refractivity contribution in [1.82, 2.24) is 0 Å². The monoisotopic (exact) mass is 389 g/mol. The molecule has 0 heteroatoms. The molecule has 0 aliphatic carbocycles. The van der Waals surface area contributed by atoms with Crippen LogP contribution >= 0.6 is 0 Å². The molecule has 1 unspecified atom stereocenters. The number of rotatable bonds is 23. The van der Waals surface area contributed by atoms with E-state index in [1.807, 2.05) is 0 Å². The topological polar surface area (TPSA) is 0 Å². The normalized spacial score (nSPS) is 30.5. The Labute approximate surface area is 199 Å². The summed E-state index contributed by atoms with van der Waals surface area (Å²) < 4.78 is 176. The highest BCUT2D eigenvalue weighted by atomic mass is 14.0. The number of hydrogen-bond acceptors (Lipinski definition) is 0. The molecule has 1 atom stereocenters. The van der Waals surface area contributed by atoms with Crippen LogP contribution in [0.5, 0.6) is 0 Å². The first kappa shape index (κ1) is 7.36. The zero-order valence-corrected chi connectivity index (χ0v) is 16.5. The zero-order valence-electron chi connectivity index (χ0n) is 38.5. The Morgan fingerprint density at radius 1 is 0.462 bits per heavy atom. The van der Waals surface area contributed by atoms with E-state index in [0.29, 0.717) is 6.42 Å². The predicted molar refractivity (Wildman–Crippen MR) is 122 cm³/mol. The lowest BCUT2D eigenvalue weighted by atomic mass is 10.0. The fourth-order valence-electron chi connectivity index (χ4n) is 2.61. The highest BCUT2D eigenvalue weighted by molar-refractivity contribution is 4.51. The summed E-state index contributed by atoms with van der Waals surface area (Å²) in [6, 6.07) is 0. The largest absolute Gasteiger partial charge is 0.0654 e. The molecule has 0 aromatic heterocycles. The van der Waals surface area contributed by atoms with Crippen molar-refractivity contribution in [2.45, 2.75) is 167 Å². The summed E-state index contributed by atoms with van der Waals surface area (Å²) in [6.45, 7) is -1.74. The van der Waals surface area contributed by atoms with Crippen molar-refractivity contribution in [1.29, 1.82) is 0 Å². The molecular formula is C26H54. The molecule has 0 heterocycles. The van der Waals surface area contributed by atoms with Gasteiger partial charge in [-0.25, -0.2) is 0 Å². The van der Waals surface area contributed by atoms with Crippen molar-refractivity contribution < 1.29 is 30.2 Å². The van der Waals surface area contributed by atoms with Crippen LogP contribution in [-0.4, -0.2) is 0 Å². The van der Waals surface area contributed by atoms with Gasteiger partial charge >= 0.3 is 0 Å². The number of hydrogen-bond donors (Lipinski definition) is 0. The molecule has 26 heavy (non-hydrogen) atoms. The molecule has 0 saturated heterocycles. The van der Waals surface area contributed by atoms with Gasteiger partial charge in [-0.15, -0.1) is 0 Å². The second kappa shape index (κ2) is 25.0. The first-order chi connectivity index (χ1) is 21.2. The summed E-state index contributed by atoms with van der Waals surface area (Å²) in [5, 5.41) is 0. The molecule has 0 bridgehead atoms. The maximum atomic E-state index is 8.30. The quantitative estimate of drug-likeness (QED) is 0.153. The second-order valence-corrected chi connectivity index (χ2v) is 6.38. The van der Waals surface area contributed by atoms with Gasteiger partial charge in [0, 0.05) is 30.2 Å². The Kier molecular flexibility index (Phi) is 7.07. The van der Waals surface area contributed by atoms with Crippen LogP contribution in [0, 0.1) is 0 Å².